The van der Waals surface area contributed by atoms with Gasteiger partial charge in [0.15, 0.2) is 0 Å². The van der Waals surface area contributed by atoms with Crippen molar-refractivity contribution in [3.8, 4) is 0 Å². The summed E-state index contributed by atoms with van der Waals surface area (Å²) in [6.45, 7) is 0.286. The van der Waals surface area contributed by atoms with Crippen LogP contribution in [0, 0.1) is 5.82 Å². The molecule has 1 aliphatic rings. The molecule has 0 spiro atoms. The van der Waals surface area contributed by atoms with Crippen LogP contribution >= 0.6 is 0 Å². The molecule has 1 saturated heterocycles. The normalized spacial score (nSPS) is 19.6. The van der Waals surface area contributed by atoms with Crippen LogP contribution in [-0.2, 0) is 22.6 Å². The van der Waals surface area contributed by atoms with Crippen molar-refractivity contribution in [2.75, 3.05) is 0 Å². The first-order valence-electron chi connectivity index (χ1n) is 8.39. The van der Waals surface area contributed by atoms with Crippen molar-refractivity contribution >= 4 is 11.8 Å². The average molecular weight is 344 g/mol. The van der Waals surface area contributed by atoms with Crippen molar-refractivity contribution in [3.63, 3.8) is 0 Å². The van der Waals surface area contributed by atoms with E-state index in [9.17, 15) is 14.0 Å². The molecule has 1 atom stereocenters. The average Bonchev–Trinajstić information content (AvgIpc) is 3.22. The SMILES string of the molecule is O=C(CC[C@]1(Cc2ccco2)CCC(=O)N1)NCc1cccc(F)c1. The van der Waals surface area contributed by atoms with E-state index < -0.39 is 5.54 Å². The second kappa shape index (κ2) is 7.51. The molecule has 25 heavy (non-hydrogen) atoms. The Hall–Kier alpha value is -2.63. The van der Waals surface area contributed by atoms with Crippen molar-refractivity contribution in [3.05, 3.63) is 59.8 Å². The quantitative estimate of drug-likeness (QED) is 0.811. The van der Waals surface area contributed by atoms with E-state index >= 15 is 0 Å². The van der Waals surface area contributed by atoms with Gasteiger partial charge in [-0.3, -0.25) is 9.59 Å². The number of amides is 2. The summed E-state index contributed by atoms with van der Waals surface area (Å²) in [5.41, 5.74) is 0.276. The molecule has 0 bridgehead atoms. The molecule has 3 rings (SSSR count). The van der Waals surface area contributed by atoms with Gasteiger partial charge >= 0.3 is 0 Å². The fourth-order valence-corrected chi connectivity index (χ4v) is 3.22. The molecule has 0 saturated carbocycles. The second-order valence-electron chi connectivity index (χ2n) is 6.49. The van der Waals surface area contributed by atoms with Gasteiger partial charge in [-0.1, -0.05) is 12.1 Å². The number of carbonyl (C=O) groups excluding carboxylic acids is 2. The lowest BCUT2D eigenvalue weighted by molar-refractivity contribution is -0.122. The zero-order chi connectivity index (χ0) is 17.7. The highest BCUT2D eigenvalue weighted by molar-refractivity contribution is 5.80. The summed E-state index contributed by atoms with van der Waals surface area (Å²) in [7, 11) is 0. The molecule has 1 aromatic carbocycles. The monoisotopic (exact) mass is 344 g/mol. The minimum Gasteiger partial charge on any atom is -0.469 e. The topological polar surface area (TPSA) is 71.3 Å². The molecule has 0 radical (unpaired) electrons. The molecule has 5 nitrogen and oxygen atoms in total. The van der Waals surface area contributed by atoms with Gasteiger partial charge in [0.05, 0.1) is 6.26 Å². The first kappa shape index (κ1) is 17.2. The smallest absolute Gasteiger partial charge is 0.220 e. The molecular formula is C19H21FN2O3. The van der Waals surface area contributed by atoms with Gasteiger partial charge in [0.25, 0.3) is 0 Å². The van der Waals surface area contributed by atoms with Gasteiger partial charge in [-0.2, -0.15) is 0 Å². The molecule has 6 heteroatoms. The molecule has 0 unspecified atom stereocenters. The Kier molecular flexibility index (Phi) is 5.16. The molecule has 1 fully saturated rings. The van der Waals surface area contributed by atoms with E-state index in [1.165, 1.54) is 12.1 Å². The lowest BCUT2D eigenvalue weighted by atomic mass is 9.87. The van der Waals surface area contributed by atoms with Crippen molar-refractivity contribution in [1.82, 2.24) is 10.6 Å². The lowest BCUT2D eigenvalue weighted by Crippen LogP contribution is -2.44. The Morgan fingerprint density at radius 1 is 1.32 bits per heavy atom. The number of rotatable bonds is 7. The van der Waals surface area contributed by atoms with Gasteiger partial charge in [-0.05, 0) is 42.7 Å². The largest absolute Gasteiger partial charge is 0.469 e. The van der Waals surface area contributed by atoms with Crippen LogP contribution in [0.3, 0.4) is 0 Å². The third-order valence-electron chi connectivity index (χ3n) is 4.54. The number of hydrogen-bond donors (Lipinski definition) is 2. The Morgan fingerprint density at radius 3 is 2.88 bits per heavy atom. The number of nitrogens with one attached hydrogen (secondary N) is 2. The van der Waals surface area contributed by atoms with E-state index in [4.69, 9.17) is 4.42 Å². The molecule has 0 aliphatic carbocycles. The number of carbonyl (C=O) groups is 2. The van der Waals surface area contributed by atoms with E-state index in [1.54, 1.807) is 18.4 Å². The second-order valence-corrected chi connectivity index (χ2v) is 6.49. The first-order valence-corrected chi connectivity index (χ1v) is 8.39. The Labute approximate surface area is 145 Å². The van der Waals surface area contributed by atoms with E-state index in [0.717, 1.165) is 5.76 Å². The van der Waals surface area contributed by atoms with Crippen LogP contribution in [0.15, 0.2) is 47.1 Å². The van der Waals surface area contributed by atoms with E-state index in [-0.39, 0.29) is 30.6 Å². The number of hydrogen-bond acceptors (Lipinski definition) is 3. The Morgan fingerprint density at radius 2 is 2.20 bits per heavy atom. The molecular weight excluding hydrogens is 323 g/mol. The summed E-state index contributed by atoms with van der Waals surface area (Å²) < 4.78 is 18.5. The summed E-state index contributed by atoms with van der Waals surface area (Å²) >= 11 is 0. The number of benzene rings is 1. The van der Waals surface area contributed by atoms with Crippen molar-refractivity contribution in [2.45, 2.75) is 44.2 Å². The molecule has 2 amide bonds. The van der Waals surface area contributed by atoms with Gasteiger partial charge in [-0.25, -0.2) is 4.39 Å². The van der Waals surface area contributed by atoms with Crippen molar-refractivity contribution < 1.29 is 18.4 Å². The van der Waals surface area contributed by atoms with Crippen LogP contribution in [-0.4, -0.2) is 17.4 Å². The van der Waals surface area contributed by atoms with E-state index in [0.29, 0.717) is 31.2 Å². The Balaban J connectivity index is 1.54. The molecule has 2 N–H and O–H groups in total. The van der Waals surface area contributed by atoms with Crippen LogP contribution in [0.4, 0.5) is 4.39 Å². The van der Waals surface area contributed by atoms with E-state index in [2.05, 4.69) is 10.6 Å². The van der Waals surface area contributed by atoms with Crippen LogP contribution < -0.4 is 10.6 Å². The molecule has 1 aromatic heterocycles. The van der Waals surface area contributed by atoms with Gasteiger partial charge in [0, 0.05) is 31.3 Å². The predicted molar refractivity (Wildman–Crippen MR) is 90.0 cm³/mol. The maximum Gasteiger partial charge on any atom is 0.220 e. The maximum absolute atomic E-state index is 13.1. The van der Waals surface area contributed by atoms with E-state index in [1.807, 2.05) is 12.1 Å². The fraction of sp³-hybridized carbons (Fsp3) is 0.368. The standard InChI is InChI=1S/C19H21FN2O3/c20-15-4-1-3-14(11-15)13-21-17(23)6-8-19(9-7-18(24)22-19)12-16-5-2-10-25-16/h1-5,10-11H,6-9,12-13H2,(H,21,23)(H,22,24)/t19-/m1/s1. The van der Waals surface area contributed by atoms with Crippen LogP contribution in [0.1, 0.15) is 37.0 Å². The van der Waals surface area contributed by atoms with Gasteiger partial charge in [0.2, 0.25) is 11.8 Å². The first-order chi connectivity index (χ1) is 12.0. The van der Waals surface area contributed by atoms with Crippen molar-refractivity contribution in [2.24, 2.45) is 0 Å². The summed E-state index contributed by atoms with van der Waals surface area (Å²) in [6.07, 6.45) is 4.15. The van der Waals surface area contributed by atoms with Gasteiger partial charge in [-0.15, -0.1) is 0 Å². The third kappa shape index (κ3) is 4.68. The molecule has 2 aromatic rings. The third-order valence-corrected chi connectivity index (χ3v) is 4.54. The summed E-state index contributed by atoms with van der Waals surface area (Å²) in [4.78, 5) is 23.8. The summed E-state index contributed by atoms with van der Waals surface area (Å²) in [5.74, 6) is 0.358. The van der Waals surface area contributed by atoms with Crippen LogP contribution in [0.25, 0.3) is 0 Å². The highest BCUT2D eigenvalue weighted by atomic mass is 19.1. The summed E-state index contributed by atoms with van der Waals surface area (Å²) in [6, 6.07) is 9.83. The predicted octanol–water partition coefficient (Wildman–Crippen LogP) is 2.71. The van der Waals surface area contributed by atoms with Crippen LogP contribution in [0.2, 0.25) is 0 Å². The maximum atomic E-state index is 13.1. The molecule has 132 valence electrons. The highest BCUT2D eigenvalue weighted by Crippen LogP contribution is 2.29. The Bertz CT molecular complexity index is 745. The zero-order valence-electron chi connectivity index (χ0n) is 13.9. The zero-order valence-corrected chi connectivity index (χ0v) is 13.9. The fourth-order valence-electron chi connectivity index (χ4n) is 3.22. The molecule has 2 heterocycles. The summed E-state index contributed by atoms with van der Waals surface area (Å²) in [5, 5.41) is 5.81. The minimum atomic E-state index is -0.439. The van der Waals surface area contributed by atoms with Crippen LogP contribution in [0.5, 0.6) is 0 Å². The van der Waals surface area contributed by atoms with Gasteiger partial charge in [0.1, 0.15) is 11.6 Å². The number of halogens is 1. The van der Waals surface area contributed by atoms with Gasteiger partial charge < -0.3 is 15.1 Å². The lowest BCUT2D eigenvalue weighted by Gasteiger charge is -2.28. The number of furan rings is 1. The molecule has 1 aliphatic heterocycles. The minimum absolute atomic E-state index is 0.00623. The van der Waals surface area contributed by atoms with Crippen molar-refractivity contribution in [1.29, 1.82) is 0 Å². The highest BCUT2D eigenvalue weighted by Gasteiger charge is 2.38.